The lowest BCUT2D eigenvalue weighted by Gasteiger charge is -2.19. The number of benzene rings is 1. The van der Waals surface area contributed by atoms with Crippen LogP contribution in [-0.4, -0.2) is 32.3 Å². The minimum absolute atomic E-state index is 0.111. The minimum atomic E-state index is -4.66. The molecule has 3 nitrogen and oxygen atoms in total. The van der Waals surface area contributed by atoms with Crippen molar-refractivity contribution in [3.63, 3.8) is 0 Å². The van der Waals surface area contributed by atoms with E-state index in [1.165, 1.54) is 12.1 Å². The number of rotatable bonds is 3. The van der Waals surface area contributed by atoms with Gasteiger partial charge >= 0.3 is 6.36 Å². The summed E-state index contributed by atoms with van der Waals surface area (Å²) in [4.78, 5) is 0. The second-order valence-corrected chi connectivity index (χ2v) is 3.96. The zero-order chi connectivity index (χ0) is 13.7. The molecule has 6 heteroatoms. The summed E-state index contributed by atoms with van der Waals surface area (Å²) in [5.41, 5.74) is 0.767. The Hall–Kier alpha value is -1.53. The smallest absolute Gasteiger partial charge is 0.406 e. The molecule has 0 saturated carbocycles. The van der Waals surface area contributed by atoms with Crippen LogP contribution in [0.15, 0.2) is 30.3 Å². The van der Waals surface area contributed by atoms with E-state index in [9.17, 15) is 13.2 Å². The van der Waals surface area contributed by atoms with E-state index < -0.39 is 6.36 Å². The molecule has 0 bridgehead atoms. The summed E-state index contributed by atoms with van der Waals surface area (Å²) < 4.78 is 50.3. The monoisotopic (exact) mass is 274 g/mol. The van der Waals surface area contributed by atoms with Crippen LogP contribution < -0.4 is 4.74 Å². The Balaban J connectivity index is 1.92. The second kappa shape index (κ2) is 6.08. The Kier molecular flexibility index (Phi) is 4.44. The van der Waals surface area contributed by atoms with Gasteiger partial charge < -0.3 is 14.2 Å². The molecule has 0 radical (unpaired) electrons. The Morgan fingerprint density at radius 1 is 1.16 bits per heavy atom. The van der Waals surface area contributed by atoms with E-state index >= 15 is 0 Å². The fourth-order valence-corrected chi connectivity index (χ4v) is 1.62. The van der Waals surface area contributed by atoms with E-state index in [4.69, 9.17) is 9.47 Å². The van der Waals surface area contributed by atoms with Crippen molar-refractivity contribution in [3.05, 3.63) is 35.9 Å². The third-order valence-corrected chi connectivity index (χ3v) is 2.46. The largest absolute Gasteiger partial charge is 0.573 e. The zero-order valence-electron chi connectivity index (χ0n) is 10.0. The molecular weight excluding hydrogens is 261 g/mol. The molecule has 1 fully saturated rings. The van der Waals surface area contributed by atoms with Crippen LogP contribution in [0.25, 0.3) is 6.08 Å². The van der Waals surface area contributed by atoms with E-state index in [-0.39, 0.29) is 11.9 Å². The molecule has 1 heterocycles. The molecule has 0 spiro atoms. The molecular formula is C13H13F3O3. The van der Waals surface area contributed by atoms with Crippen LogP contribution in [0.5, 0.6) is 5.75 Å². The molecule has 19 heavy (non-hydrogen) atoms. The molecule has 1 aliphatic heterocycles. The molecule has 1 unspecified atom stereocenters. The summed E-state index contributed by atoms with van der Waals surface area (Å²) >= 11 is 0. The van der Waals surface area contributed by atoms with Crippen LogP contribution in [0.4, 0.5) is 13.2 Å². The van der Waals surface area contributed by atoms with Crippen LogP contribution >= 0.6 is 0 Å². The third kappa shape index (κ3) is 4.92. The number of hydrogen-bond acceptors (Lipinski definition) is 3. The average Bonchev–Trinajstić information content (AvgIpc) is 2.37. The first-order chi connectivity index (χ1) is 9.03. The fraction of sp³-hybridized carbons (Fsp3) is 0.385. The van der Waals surface area contributed by atoms with Gasteiger partial charge in [0.15, 0.2) is 0 Å². The molecule has 0 N–H and O–H groups in total. The fourth-order valence-electron chi connectivity index (χ4n) is 1.62. The van der Waals surface area contributed by atoms with Crippen molar-refractivity contribution in [1.82, 2.24) is 0 Å². The number of halogens is 3. The third-order valence-electron chi connectivity index (χ3n) is 2.46. The molecule has 1 aromatic rings. The first kappa shape index (κ1) is 13.9. The van der Waals surface area contributed by atoms with Gasteiger partial charge in [-0.1, -0.05) is 24.3 Å². The topological polar surface area (TPSA) is 27.7 Å². The van der Waals surface area contributed by atoms with Gasteiger partial charge in [-0.05, 0) is 17.7 Å². The van der Waals surface area contributed by atoms with Gasteiger partial charge in [-0.15, -0.1) is 13.2 Å². The average molecular weight is 274 g/mol. The lowest BCUT2D eigenvalue weighted by Crippen LogP contribution is -2.26. The predicted octanol–water partition coefficient (Wildman–Crippen LogP) is 3.01. The van der Waals surface area contributed by atoms with Crippen molar-refractivity contribution in [2.75, 3.05) is 19.8 Å². The minimum Gasteiger partial charge on any atom is -0.406 e. The Labute approximate surface area is 108 Å². The SMILES string of the molecule is FC(F)(F)Oc1ccc(/C=C/C2COCCO2)cc1. The van der Waals surface area contributed by atoms with Gasteiger partial charge in [0, 0.05) is 0 Å². The van der Waals surface area contributed by atoms with Gasteiger partial charge in [-0.25, -0.2) is 0 Å². The summed E-state index contributed by atoms with van der Waals surface area (Å²) in [6, 6.07) is 5.62. The van der Waals surface area contributed by atoms with Crippen LogP contribution in [0.2, 0.25) is 0 Å². The summed E-state index contributed by atoms with van der Waals surface area (Å²) in [5.74, 6) is -0.234. The van der Waals surface area contributed by atoms with Crippen molar-refractivity contribution >= 4 is 6.08 Å². The zero-order valence-corrected chi connectivity index (χ0v) is 10.0. The second-order valence-electron chi connectivity index (χ2n) is 3.96. The van der Waals surface area contributed by atoms with Crippen molar-refractivity contribution in [2.45, 2.75) is 12.5 Å². The Morgan fingerprint density at radius 3 is 2.47 bits per heavy atom. The molecule has 0 amide bonds. The highest BCUT2D eigenvalue weighted by Gasteiger charge is 2.30. The normalized spacial score (nSPS) is 20.7. The van der Waals surface area contributed by atoms with Gasteiger partial charge in [0.2, 0.25) is 0 Å². The summed E-state index contributed by atoms with van der Waals surface area (Å²) in [6.45, 7) is 1.63. The summed E-state index contributed by atoms with van der Waals surface area (Å²) in [6.07, 6.45) is -1.18. The van der Waals surface area contributed by atoms with Gasteiger partial charge in [0.25, 0.3) is 0 Å². The molecule has 1 aromatic carbocycles. The van der Waals surface area contributed by atoms with E-state index in [2.05, 4.69) is 4.74 Å². The van der Waals surface area contributed by atoms with Crippen molar-refractivity contribution in [1.29, 1.82) is 0 Å². The lowest BCUT2D eigenvalue weighted by molar-refractivity contribution is -0.274. The van der Waals surface area contributed by atoms with Crippen LogP contribution in [0.3, 0.4) is 0 Å². The highest BCUT2D eigenvalue weighted by Crippen LogP contribution is 2.23. The van der Waals surface area contributed by atoms with Gasteiger partial charge in [0.1, 0.15) is 5.75 Å². The number of alkyl halides is 3. The number of hydrogen-bond donors (Lipinski definition) is 0. The van der Waals surface area contributed by atoms with Crippen LogP contribution in [0, 0.1) is 0 Å². The maximum atomic E-state index is 12.0. The van der Waals surface area contributed by atoms with E-state index in [1.54, 1.807) is 18.2 Å². The van der Waals surface area contributed by atoms with Crippen LogP contribution in [-0.2, 0) is 9.47 Å². The summed E-state index contributed by atoms with van der Waals surface area (Å²) in [5, 5.41) is 0. The molecule has 1 aliphatic rings. The molecule has 2 rings (SSSR count). The number of ether oxygens (including phenoxy) is 3. The maximum absolute atomic E-state index is 12.0. The van der Waals surface area contributed by atoms with Gasteiger partial charge in [0.05, 0.1) is 25.9 Å². The van der Waals surface area contributed by atoms with E-state index in [1.807, 2.05) is 6.08 Å². The predicted molar refractivity (Wildman–Crippen MR) is 62.7 cm³/mol. The maximum Gasteiger partial charge on any atom is 0.573 e. The van der Waals surface area contributed by atoms with Gasteiger partial charge in [-0.3, -0.25) is 0 Å². The lowest BCUT2D eigenvalue weighted by atomic mass is 10.2. The van der Waals surface area contributed by atoms with E-state index in [0.29, 0.717) is 19.8 Å². The molecule has 0 aromatic heterocycles. The standard InChI is InChI=1S/C13H13F3O3/c14-13(15,16)19-11-4-1-10(2-5-11)3-6-12-9-17-7-8-18-12/h1-6,12H,7-9H2/b6-3+. The Bertz CT molecular complexity index is 420. The quantitative estimate of drug-likeness (QED) is 0.848. The molecule has 104 valence electrons. The van der Waals surface area contributed by atoms with Crippen molar-refractivity contribution in [3.8, 4) is 5.75 Å². The van der Waals surface area contributed by atoms with Gasteiger partial charge in [-0.2, -0.15) is 0 Å². The summed E-state index contributed by atoms with van der Waals surface area (Å²) in [7, 11) is 0. The highest BCUT2D eigenvalue weighted by molar-refractivity contribution is 5.51. The Morgan fingerprint density at radius 2 is 1.89 bits per heavy atom. The van der Waals surface area contributed by atoms with Crippen molar-refractivity contribution < 1.29 is 27.4 Å². The first-order valence-electron chi connectivity index (χ1n) is 5.76. The van der Waals surface area contributed by atoms with E-state index in [0.717, 1.165) is 5.56 Å². The highest BCUT2D eigenvalue weighted by atomic mass is 19.4. The molecule has 0 aliphatic carbocycles. The first-order valence-corrected chi connectivity index (χ1v) is 5.76. The molecule has 1 atom stereocenters. The van der Waals surface area contributed by atoms with Crippen molar-refractivity contribution in [2.24, 2.45) is 0 Å². The van der Waals surface area contributed by atoms with Crippen LogP contribution in [0.1, 0.15) is 5.56 Å². The molecule has 1 saturated heterocycles.